The molecule has 4 nitrogen and oxygen atoms in total. The lowest BCUT2D eigenvalue weighted by molar-refractivity contribution is 0.111. The first-order chi connectivity index (χ1) is 13.1. The molecule has 0 saturated carbocycles. The Morgan fingerprint density at radius 3 is 2.37 bits per heavy atom. The van der Waals surface area contributed by atoms with Crippen LogP contribution in [0.3, 0.4) is 0 Å². The molecule has 0 fully saturated rings. The third kappa shape index (κ3) is 3.15. The minimum absolute atomic E-state index is 0.134. The summed E-state index contributed by atoms with van der Waals surface area (Å²) in [6.45, 7) is 6.07. The number of aryl methyl sites for hydroxylation is 1. The van der Waals surface area contributed by atoms with Crippen molar-refractivity contribution in [3.8, 4) is 28.3 Å². The molecule has 0 saturated heterocycles. The Bertz CT molecular complexity index is 1090. The van der Waals surface area contributed by atoms with E-state index in [2.05, 4.69) is 6.92 Å². The molecule has 0 spiro atoms. The van der Waals surface area contributed by atoms with E-state index in [1.165, 1.54) is 0 Å². The first-order valence-electron chi connectivity index (χ1n) is 8.88. The Balaban J connectivity index is 1.87. The second kappa shape index (κ2) is 7.00. The topological polar surface area (TPSA) is 43.6 Å². The maximum Gasteiger partial charge on any atom is 0.195 e. The molecule has 4 aromatic rings. The number of aromatic nitrogens is 2. The lowest BCUT2D eigenvalue weighted by Crippen LogP contribution is -2.05. The summed E-state index contributed by atoms with van der Waals surface area (Å²) in [7, 11) is 0. The average Bonchev–Trinajstić information content (AvgIpc) is 3.17. The number of fused-ring (bicyclic) bond motifs is 1. The van der Waals surface area contributed by atoms with E-state index in [1.54, 1.807) is 11.3 Å². The van der Waals surface area contributed by atoms with Gasteiger partial charge in [-0.05, 0) is 50.6 Å². The first kappa shape index (κ1) is 17.5. The van der Waals surface area contributed by atoms with E-state index in [0.717, 1.165) is 44.4 Å². The zero-order chi connectivity index (χ0) is 19.0. The Morgan fingerprint density at radius 2 is 1.74 bits per heavy atom. The van der Waals surface area contributed by atoms with Crippen LogP contribution in [0.4, 0.5) is 0 Å². The van der Waals surface area contributed by atoms with Crippen molar-refractivity contribution in [2.75, 3.05) is 0 Å². The van der Waals surface area contributed by atoms with Crippen LogP contribution in [-0.2, 0) is 0 Å². The van der Waals surface area contributed by atoms with Crippen LogP contribution in [0, 0.1) is 6.92 Å². The number of hydrogen-bond donors (Lipinski definition) is 0. The van der Waals surface area contributed by atoms with Gasteiger partial charge < -0.3 is 4.74 Å². The van der Waals surface area contributed by atoms with E-state index in [0.29, 0.717) is 5.69 Å². The maximum atomic E-state index is 12.0. The zero-order valence-corrected chi connectivity index (χ0v) is 16.3. The largest absolute Gasteiger partial charge is 0.491 e. The Morgan fingerprint density at radius 1 is 1.04 bits per heavy atom. The molecule has 2 aromatic heterocycles. The third-order valence-corrected chi connectivity index (χ3v) is 5.30. The fraction of sp³-hybridized carbons (Fsp3) is 0.182. The van der Waals surface area contributed by atoms with E-state index in [4.69, 9.17) is 9.72 Å². The van der Waals surface area contributed by atoms with Crippen molar-refractivity contribution in [2.24, 2.45) is 0 Å². The van der Waals surface area contributed by atoms with Crippen molar-refractivity contribution in [1.29, 1.82) is 0 Å². The second-order valence-corrected chi connectivity index (χ2v) is 7.83. The number of ether oxygens (including phenoxy) is 1. The van der Waals surface area contributed by atoms with Gasteiger partial charge in [-0.2, -0.15) is 0 Å². The highest BCUT2D eigenvalue weighted by Crippen LogP contribution is 2.36. The number of hydrogen-bond acceptors (Lipinski definition) is 4. The maximum absolute atomic E-state index is 12.0. The third-order valence-electron chi connectivity index (χ3n) is 4.34. The van der Waals surface area contributed by atoms with Gasteiger partial charge in [-0.15, -0.1) is 11.3 Å². The fourth-order valence-electron chi connectivity index (χ4n) is 3.25. The van der Waals surface area contributed by atoms with Crippen LogP contribution in [0.2, 0.25) is 0 Å². The number of carbonyl (C=O) groups is 1. The zero-order valence-electron chi connectivity index (χ0n) is 15.5. The first-order valence-corrected chi connectivity index (χ1v) is 9.69. The van der Waals surface area contributed by atoms with E-state index in [1.807, 2.05) is 72.8 Å². The van der Waals surface area contributed by atoms with Crippen molar-refractivity contribution < 1.29 is 9.53 Å². The molecule has 4 rings (SSSR count). The predicted octanol–water partition coefficient (Wildman–Crippen LogP) is 5.64. The molecule has 0 aliphatic rings. The van der Waals surface area contributed by atoms with E-state index < -0.39 is 0 Å². The summed E-state index contributed by atoms with van der Waals surface area (Å²) < 4.78 is 7.70. The molecule has 0 radical (unpaired) electrons. The lowest BCUT2D eigenvalue weighted by atomic mass is 10.1. The number of benzene rings is 2. The highest BCUT2D eigenvalue weighted by molar-refractivity contribution is 7.17. The molecular formula is C22H20N2O2S. The minimum atomic E-state index is 0.134. The molecular weight excluding hydrogens is 356 g/mol. The number of carbonyl (C=O) groups excluding carboxylic acids is 1. The minimum Gasteiger partial charge on any atom is -0.491 e. The molecule has 0 N–H and O–H groups in total. The highest BCUT2D eigenvalue weighted by Gasteiger charge is 2.20. The van der Waals surface area contributed by atoms with Gasteiger partial charge in [0.1, 0.15) is 17.1 Å². The Kier molecular flexibility index (Phi) is 4.54. The Hall–Kier alpha value is -2.92. The molecule has 0 bridgehead atoms. The van der Waals surface area contributed by atoms with Crippen molar-refractivity contribution >= 4 is 22.6 Å². The van der Waals surface area contributed by atoms with Gasteiger partial charge in [0.2, 0.25) is 0 Å². The number of rotatable bonds is 5. The Labute approximate surface area is 162 Å². The summed E-state index contributed by atoms with van der Waals surface area (Å²) in [4.78, 5) is 18.7. The van der Waals surface area contributed by atoms with Crippen molar-refractivity contribution in [3.63, 3.8) is 0 Å². The molecule has 2 heterocycles. The SMILES string of the molecule is Cc1sc2nc(-c3ccccc3)c(C=O)n2c1-c1ccc(OC(C)C)cc1. The summed E-state index contributed by atoms with van der Waals surface area (Å²) in [5, 5.41) is 0. The van der Waals surface area contributed by atoms with Crippen LogP contribution in [0.1, 0.15) is 29.2 Å². The molecule has 0 unspecified atom stereocenters. The normalized spacial score (nSPS) is 11.3. The quantitative estimate of drug-likeness (QED) is 0.424. The molecule has 136 valence electrons. The number of nitrogens with zero attached hydrogens (tertiary/aromatic N) is 2. The van der Waals surface area contributed by atoms with Crippen LogP contribution in [0.15, 0.2) is 54.6 Å². The number of imidazole rings is 1. The molecule has 2 aromatic carbocycles. The highest BCUT2D eigenvalue weighted by atomic mass is 32.1. The van der Waals surface area contributed by atoms with E-state index >= 15 is 0 Å². The molecule has 0 aliphatic carbocycles. The summed E-state index contributed by atoms with van der Waals surface area (Å²) in [6, 6.07) is 17.8. The lowest BCUT2D eigenvalue weighted by Gasteiger charge is -2.10. The summed E-state index contributed by atoms with van der Waals surface area (Å²) >= 11 is 1.60. The van der Waals surface area contributed by atoms with Crippen LogP contribution >= 0.6 is 11.3 Å². The molecule has 27 heavy (non-hydrogen) atoms. The van der Waals surface area contributed by atoms with Gasteiger partial charge in [0.25, 0.3) is 0 Å². The smallest absolute Gasteiger partial charge is 0.195 e. The van der Waals surface area contributed by atoms with E-state index in [-0.39, 0.29) is 6.10 Å². The fourth-order valence-corrected chi connectivity index (χ4v) is 4.25. The van der Waals surface area contributed by atoms with Crippen LogP contribution < -0.4 is 4.74 Å². The second-order valence-electron chi connectivity index (χ2n) is 6.65. The van der Waals surface area contributed by atoms with Gasteiger partial charge >= 0.3 is 0 Å². The van der Waals surface area contributed by atoms with Gasteiger partial charge in [0.05, 0.1) is 11.8 Å². The molecule has 0 atom stereocenters. The summed E-state index contributed by atoms with van der Waals surface area (Å²) in [6.07, 6.45) is 1.03. The summed E-state index contributed by atoms with van der Waals surface area (Å²) in [5.74, 6) is 0.837. The van der Waals surface area contributed by atoms with Crippen molar-refractivity contribution in [3.05, 3.63) is 65.2 Å². The van der Waals surface area contributed by atoms with Gasteiger partial charge in [-0.3, -0.25) is 9.20 Å². The number of thiazole rings is 1. The molecule has 0 amide bonds. The van der Waals surface area contributed by atoms with Crippen LogP contribution in [-0.4, -0.2) is 21.8 Å². The average molecular weight is 376 g/mol. The van der Waals surface area contributed by atoms with Crippen LogP contribution in [0.5, 0.6) is 5.75 Å². The van der Waals surface area contributed by atoms with Crippen molar-refractivity contribution in [2.45, 2.75) is 26.9 Å². The van der Waals surface area contributed by atoms with Crippen LogP contribution in [0.25, 0.3) is 27.5 Å². The summed E-state index contributed by atoms with van der Waals surface area (Å²) in [5.41, 5.74) is 4.29. The van der Waals surface area contributed by atoms with Gasteiger partial charge in [0, 0.05) is 10.4 Å². The monoisotopic (exact) mass is 376 g/mol. The molecule has 0 aliphatic heterocycles. The van der Waals surface area contributed by atoms with E-state index in [9.17, 15) is 4.79 Å². The standard InChI is InChI=1S/C22H20N2O2S/c1-14(2)26-18-11-9-17(10-12-18)21-15(3)27-22-23-20(19(13-25)24(21)22)16-7-5-4-6-8-16/h4-14H,1-3H3. The number of aldehydes is 1. The van der Waals surface area contributed by atoms with Gasteiger partial charge in [-0.25, -0.2) is 4.98 Å². The van der Waals surface area contributed by atoms with Crippen molar-refractivity contribution in [1.82, 2.24) is 9.38 Å². The van der Waals surface area contributed by atoms with Gasteiger partial charge in [-0.1, -0.05) is 30.3 Å². The molecule has 5 heteroatoms. The van der Waals surface area contributed by atoms with Gasteiger partial charge in [0.15, 0.2) is 11.2 Å². The predicted molar refractivity (Wildman–Crippen MR) is 110 cm³/mol.